The van der Waals surface area contributed by atoms with E-state index in [0.717, 1.165) is 6.54 Å². The molecule has 2 aliphatic rings. The fourth-order valence-electron chi connectivity index (χ4n) is 2.62. The van der Waals surface area contributed by atoms with Gasteiger partial charge in [-0.25, -0.2) is 0 Å². The van der Waals surface area contributed by atoms with Gasteiger partial charge in [-0.1, -0.05) is 30.3 Å². The molecule has 4 unspecified atom stereocenters. The lowest BCUT2D eigenvalue weighted by Crippen LogP contribution is -2.36. The van der Waals surface area contributed by atoms with Crippen molar-refractivity contribution in [1.82, 2.24) is 5.06 Å². The van der Waals surface area contributed by atoms with Gasteiger partial charge in [0, 0.05) is 19.0 Å². The van der Waals surface area contributed by atoms with Gasteiger partial charge >= 0.3 is 5.97 Å². The van der Waals surface area contributed by atoms with Crippen LogP contribution in [0.2, 0.25) is 0 Å². The van der Waals surface area contributed by atoms with Crippen molar-refractivity contribution in [3.05, 3.63) is 35.9 Å². The minimum absolute atomic E-state index is 0.191. The van der Waals surface area contributed by atoms with Crippen molar-refractivity contribution in [2.75, 3.05) is 13.1 Å². The average Bonchev–Trinajstić information content (AvgIpc) is 2.89. The zero-order chi connectivity index (χ0) is 11.1. The van der Waals surface area contributed by atoms with Crippen LogP contribution in [-0.4, -0.2) is 35.3 Å². The molecule has 3 rings (SSSR count). The molecule has 2 saturated heterocycles. The number of carboxylic acids is 1. The van der Waals surface area contributed by atoms with Crippen LogP contribution in [0.4, 0.5) is 0 Å². The second-order valence-corrected chi connectivity index (χ2v) is 4.38. The number of rotatable bonds is 2. The maximum Gasteiger partial charge on any atom is 0.310 e. The number of piperidine rings is 1. The minimum Gasteiger partial charge on any atom is -0.481 e. The fourth-order valence-corrected chi connectivity index (χ4v) is 2.62. The monoisotopic (exact) mass is 219 g/mol. The van der Waals surface area contributed by atoms with Crippen molar-refractivity contribution in [1.29, 1.82) is 0 Å². The third-order valence-electron chi connectivity index (χ3n) is 3.41. The summed E-state index contributed by atoms with van der Waals surface area (Å²) in [7, 11) is 0. The van der Waals surface area contributed by atoms with E-state index in [1.807, 2.05) is 30.3 Å². The Bertz CT molecular complexity index is 406. The molecule has 16 heavy (non-hydrogen) atoms. The number of aliphatic carboxylic acids is 1. The van der Waals surface area contributed by atoms with Gasteiger partial charge in [-0.2, -0.15) is 5.06 Å². The minimum atomic E-state index is -0.756. The first-order chi connectivity index (χ1) is 7.75. The third-order valence-corrected chi connectivity index (χ3v) is 3.41. The van der Waals surface area contributed by atoms with E-state index >= 15 is 0 Å². The Morgan fingerprint density at radius 3 is 2.69 bits per heavy atom. The normalized spacial score (nSPS) is 36.5. The number of hydroxylamine groups is 2. The summed E-state index contributed by atoms with van der Waals surface area (Å²) < 4.78 is 0. The van der Waals surface area contributed by atoms with Crippen LogP contribution in [-0.2, 0) is 9.63 Å². The molecule has 1 N–H and O–H groups in total. The van der Waals surface area contributed by atoms with Gasteiger partial charge in [0.05, 0.1) is 0 Å². The van der Waals surface area contributed by atoms with Gasteiger partial charge < -0.3 is 5.11 Å². The summed E-state index contributed by atoms with van der Waals surface area (Å²) in [6.07, 6.45) is -0.195. The molecule has 1 aromatic carbocycles. The number of fused-ring (bicyclic) bond motifs is 2. The first kappa shape index (κ1) is 9.81. The van der Waals surface area contributed by atoms with Crippen molar-refractivity contribution in [3.8, 4) is 0 Å². The largest absolute Gasteiger partial charge is 0.481 e. The zero-order valence-electron chi connectivity index (χ0n) is 8.74. The average molecular weight is 219 g/mol. The highest BCUT2D eigenvalue weighted by molar-refractivity contribution is 5.71. The molecule has 4 nitrogen and oxygen atoms in total. The van der Waals surface area contributed by atoms with Crippen LogP contribution in [0.1, 0.15) is 11.5 Å². The van der Waals surface area contributed by atoms with Crippen molar-refractivity contribution >= 4 is 5.97 Å². The molecule has 0 amide bonds. The van der Waals surface area contributed by atoms with E-state index in [2.05, 4.69) is 0 Å². The first-order valence-corrected chi connectivity index (χ1v) is 5.45. The van der Waals surface area contributed by atoms with E-state index in [1.165, 1.54) is 5.56 Å². The molecule has 2 aliphatic heterocycles. The Kier molecular flexibility index (Phi) is 2.19. The molecular weight excluding hydrogens is 206 g/mol. The van der Waals surface area contributed by atoms with Crippen LogP contribution in [0.15, 0.2) is 30.3 Å². The number of benzene rings is 1. The molecule has 0 spiro atoms. The van der Waals surface area contributed by atoms with Crippen LogP contribution in [0.3, 0.4) is 0 Å². The topological polar surface area (TPSA) is 49.8 Å². The van der Waals surface area contributed by atoms with Crippen LogP contribution in [0.25, 0.3) is 0 Å². The highest BCUT2D eigenvalue weighted by Crippen LogP contribution is 2.40. The first-order valence-electron chi connectivity index (χ1n) is 5.45. The summed E-state index contributed by atoms with van der Waals surface area (Å²) in [6, 6.07) is 9.99. The SMILES string of the molecule is O=C(O)C1CN2CC(c3ccccc3)C1O2. The van der Waals surface area contributed by atoms with E-state index in [-0.39, 0.29) is 17.9 Å². The van der Waals surface area contributed by atoms with Gasteiger partial charge in [0.25, 0.3) is 0 Å². The highest BCUT2D eigenvalue weighted by Gasteiger charge is 2.50. The number of hydrogen-bond donors (Lipinski definition) is 1. The molecule has 0 radical (unpaired) electrons. The van der Waals surface area contributed by atoms with E-state index in [9.17, 15) is 4.79 Å². The Hall–Kier alpha value is -1.39. The molecule has 2 heterocycles. The molecule has 2 fully saturated rings. The number of carboxylic acid groups (broad SMARTS) is 1. The number of carbonyl (C=O) groups is 1. The quantitative estimate of drug-likeness (QED) is 0.809. The van der Waals surface area contributed by atoms with Gasteiger partial charge in [0.1, 0.15) is 12.0 Å². The lowest BCUT2D eigenvalue weighted by molar-refractivity contribution is -0.143. The molecule has 0 aliphatic carbocycles. The maximum atomic E-state index is 11.1. The number of nitrogens with zero attached hydrogens (tertiary/aromatic N) is 1. The van der Waals surface area contributed by atoms with Gasteiger partial charge in [0.2, 0.25) is 0 Å². The summed E-state index contributed by atoms with van der Waals surface area (Å²) in [4.78, 5) is 16.6. The zero-order valence-corrected chi connectivity index (χ0v) is 8.74. The van der Waals surface area contributed by atoms with Gasteiger partial charge in [-0.15, -0.1) is 0 Å². The maximum absolute atomic E-state index is 11.1. The molecule has 2 bridgehead atoms. The molecule has 4 atom stereocenters. The molecule has 1 aromatic rings. The Balaban J connectivity index is 1.87. The molecule has 0 saturated carbocycles. The Morgan fingerprint density at radius 1 is 1.31 bits per heavy atom. The van der Waals surface area contributed by atoms with Gasteiger partial charge in [0.15, 0.2) is 0 Å². The van der Waals surface area contributed by atoms with Crippen molar-refractivity contribution in [2.24, 2.45) is 5.92 Å². The highest BCUT2D eigenvalue weighted by atomic mass is 16.7. The summed E-state index contributed by atoms with van der Waals surface area (Å²) in [6.45, 7) is 1.32. The Morgan fingerprint density at radius 2 is 2.06 bits per heavy atom. The summed E-state index contributed by atoms with van der Waals surface area (Å²) >= 11 is 0. The summed E-state index contributed by atoms with van der Waals surface area (Å²) in [5, 5.41) is 10.9. The van der Waals surface area contributed by atoms with E-state index in [4.69, 9.17) is 9.94 Å². The molecule has 0 aromatic heterocycles. The van der Waals surface area contributed by atoms with Crippen LogP contribution in [0.5, 0.6) is 0 Å². The second kappa shape index (κ2) is 3.57. The predicted molar refractivity (Wildman–Crippen MR) is 56.8 cm³/mol. The smallest absolute Gasteiger partial charge is 0.310 e. The Labute approximate surface area is 93.4 Å². The van der Waals surface area contributed by atoms with Crippen LogP contribution < -0.4 is 0 Å². The fraction of sp³-hybridized carbons (Fsp3) is 0.417. The van der Waals surface area contributed by atoms with Crippen molar-refractivity contribution in [3.63, 3.8) is 0 Å². The predicted octanol–water partition coefficient (Wildman–Crippen LogP) is 1.10. The summed E-state index contributed by atoms with van der Waals surface area (Å²) in [5.41, 5.74) is 1.17. The van der Waals surface area contributed by atoms with Crippen LogP contribution >= 0.6 is 0 Å². The molecule has 84 valence electrons. The lowest BCUT2D eigenvalue weighted by Gasteiger charge is -2.23. The summed E-state index contributed by atoms with van der Waals surface area (Å²) in [5.74, 6) is -0.955. The van der Waals surface area contributed by atoms with Crippen molar-refractivity contribution < 1.29 is 14.7 Å². The molecular formula is C12H13NO3. The van der Waals surface area contributed by atoms with E-state index in [1.54, 1.807) is 5.06 Å². The van der Waals surface area contributed by atoms with Gasteiger partial charge in [-0.05, 0) is 5.56 Å². The van der Waals surface area contributed by atoms with E-state index < -0.39 is 5.97 Å². The van der Waals surface area contributed by atoms with Gasteiger partial charge in [-0.3, -0.25) is 9.63 Å². The number of hydrogen-bond acceptors (Lipinski definition) is 3. The lowest BCUT2D eigenvalue weighted by atomic mass is 9.84. The van der Waals surface area contributed by atoms with Crippen LogP contribution in [0, 0.1) is 5.92 Å². The second-order valence-electron chi connectivity index (χ2n) is 4.38. The standard InChI is InChI=1S/C12H13NO3/c14-12(15)10-7-13-6-9(11(10)16-13)8-4-2-1-3-5-8/h1-5,9-11H,6-7H2,(H,14,15). The van der Waals surface area contributed by atoms with E-state index in [0.29, 0.717) is 6.54 Å². The molecule has 4 heteroatoms. The van der Waals surface area contributed by atoms with Crippen molar-refractivity contribution in [2.45, 2.75) is 12.0 Å². The third kappa shape index (κ3) is 1.42.